The van der Waals surface area contributed by atoms with Crippen molar-refractivity contribution in [3.63, 3.8) is 0 Å². The maximum absolute atomic E-state index is 12.2. The van der Waals surface area contributed by atoms with E-state index in [1.807, 2.05) is 26.0 Å². The van der Waals surface area contributed by atoms with E-state index in [4.69, 9.17) is 16.3 Å². The summed E-state index contributed by atoms with van der Waals surface area (Å²) in [4.78, 5) is 25.1. The number of halogens is 1. The number of nitrogens with one attached hydrogen (secondary N) is 1. The predicted octanol–water partition coefficient (Wildman–Crippen LogP) is 2.18. The van der Waals surface area contributed by atoms with Crippen molar-refractivity contribution in [3.05, 3.63) is 34.9 Å². The Morgan fingerprint density at radius 1 is 1.29 bits per heavy atom. The number of urea groups is 1. The predicted molar refractivity (Wildman–Crippen MR) is 90.6 cm³/mol. The highest BCUT2D eigenvalue weighted by atomic mass is 35.5. The van der Waals surface area contributed by atoms with E-state index >= 15 is 0 Å². The van der Waals surface area contributed by atoms with Gasteiger partial charge in [-0.05, 0) is 30.0 Å². The minimum Gasteiger partial charge on any atom is -0.389 e. The molecule has 0 bridgehead atoms. The third-order valence-electron chi connectivity index (χ3n) is 3.70. The fourth-order valence-corrected chi connectivity index (χ4v) is 2.66. The monoisotopic (exact) mass is 354 g/mol. The van der Waals surface area contributed by atoms with Crippen LogP contribution in [0.5, 0.6) is 0 Å². The van der Waals surface area contributed by atoms with Crippen LogP contribution in [-0.2, 0) is 16.1 Å². The number of hydrogen-bond acceptors (Lipinski definition) is 4. The molecule has 24 heavy (non-hydrogen) atoms. The van der Waals surface area contributed by atoms with Crippen molar-refractivity contribution in [3.8, 4) is 0 Å². The molecule has 1 fully saturated rings. The maximum atomic E-state index is 12.2. The van der Waals surface area contributed by atoms with Crippen molar-refractivity contribution in [2.24, 2.45) is 5.92 Å². The standard InChI is InChI=1S/C17H23ClN2O4/c1-11(2)7-15-16(22)20(17(23)19-15)8-14(21)10-24-9-12-3-5-13(18)6-4-12/h3-6,11,14-15,21H,7-10H2,1-2H3,(H,19,23)/t14-,15+/m1/s1. The van der Waals surface area contributed by atoms with Crippen LogP contribution in [0.2, 0.25) is 5.02 Å². The minimum atomic E-state index is -0.926. The van der Waals surface area contributed by atoms with Crippen molar-refractivity contribution in [2.45, 2.75) is 39.0 Å². The molecule has 1 aromatic rings. The molecule has 1 aliphatic heterocycles. The van der Waals surface area contributed by atoms with E-state index < -0.39 is 18.2 Å². The van der Waals surface area contributed by atoms with Crippen LogP contribution in [-0.4, -0.2) is 47.2 Å². The van der Waals surface area contributed by atoms with Crippen LogP contribution < -0.4 is 5.32 Å². The molecule has 6 nitrogen and oxygen atoms in total. The smallest absolute Gasteiger partial charge is 0.324 e. The number of nitrogens with zero attached hydrogens (tertiary/aromatic N) is 1. The highest BCUT2D eigenvalue weighted by molar-refractivity contribution is 6.30. The Morgan fingerprint density at radius 2 is 1.96 bits per heavy atom. The van der Waals surface area contributed by atoms with E-state index in [-0.39, 0.29) is 19.1 Å². The van der Waals surface area contributed by atoms with E-state index in [1.54, 1.807) is 12.1 Å². The summed E-state index contributed by atoms with van der Waals surface area (Å²) in [5, 5.41) is 13.3. The number of rotatable bonds is 8. The van der Waals surface area contributed by atoms with Crippen molar-refractivity contribution >= 4 is 23.5 Å². The van der Waals surface area contributed by atoms with Gasteiger partial charge in [-0.1, -0.05) is 37.6 Å². The summed E-state index contributed by atoms with van der Waals surface area (Å²) in [6.07, 6.45) is -0.339. The van der Waals surface area contributed by atoms with Gasteiger partial charge in [0.15, 0.2) is 0 Å². The third-order valence-corrected chi connectivity index (χ3v) is 3.95. The van der Waals surface area contributed by atoms with Crippen LogP contribution in [0.15, 0.2) is 24.3 Å². The fraction of sp³-hybridized carbons (Fsp3) is 0.529. The maximum Gasteiger partial charge on any atom is 0.324 e. The Bertz CT molecular complexity index is 576. The first-order valence-electron chi connectivity index (χ1n) is 7.99. The van der Waals surface area contributed by atoms with Gasteiger partial charge in [-0.25, -0.2) is 4.79 Å². The zero-order valence-corrected chi connectivity index (χ0v) is 14.6. The summed E-state index contributed by atoms with van der Waals surface area (Å²) in [6.45, 7) is 4.27. The number of amides is 3. The average molecular weight is 355 g/mol. The third kappa shape index (κ3) is 5.19. The van der Waals surface area contributed by atoms with E-state index in [2.05, 4.69) is 5.32 Å². The van der Waals surface area contributed by atoms with Gasteiger partial charge >= 0.3 is 6.03 Å². The number of benzene rings is 1. The average Bonchev–Trinajstić information content (AvgIpc) is 2.76. The molecule has 7 heteroatoms. The molecule has 1 saturated heterocycles. The van der Waals surface area contributed by atoms with Gasteiger partial charge in [0.2, 0.25) is 0 Å². The van der Waals surface area contributed by atoms with E-state index in [0.29, 0.717) is 24.0 Å². The van der Waals surface area contributed by atoms with Crippen LogP contribution in [0, 0.1) is 5.92 Å². The van der Waals surface area contributed by atoms with Crippen LogP contribution in [0.3, 0.4) is 0 Å². The number of imide groups is 1. The second kappa shape index (κ2) is 8.46. The van der Waals surface area contributed by atoms with Gasteiger partial charge in [0.1, 0.15) is 6.04 Å². The largest absolute Gasteiger partial charge is 0.389 e. The molecule has 0 spiro atoms. The Kier molecular flexibility index (Phi) is 6.60. The zero-order valence-electron chi connectivity index (χ0n) is 13.9. The zero-order chi connectivity index (χ0) is 17.7. The molecular formula is C17H23ClN2O4. The number of β-amino-alcohol motifs (C(OH)–C–C–N with tert-alkyl or cyclic N) is 1. The van der Waals surface area contributed by atoms with Gasteiger partial charge in [0.05, 0.1) is 25.9 Å². The molecule has 1 aliphatic rings. The van der Waals surface area contributed by atoms with Gasteiger partial charge < -0.3 is 15.2 Å². The Balaban J connectivity index is 1.77. The number of carbonyl (C=O) groups excluding carboxylic acids is 2. The lowest BCUT2D eigenvalue weighted by molar-refractivity contribution is -0.129. The second-order valence-corrected chi connectivity index (χ2v) is 6.81. The Morgan fingerprint density at radius 3 is 2.58 bits per heavy atom. The molecule has 2 atom stereocenters. The van der Waals surface area contributed by atoms with Gasteiger partial charge in [-0.15, -0.1) is 0 Å². The molecule has 0 saturated carbocycles. The molecule has 1 heterocycles. The molecule has 3 amide bonds. The lowest BCUT2D eigenvalue weighted by Gasteiger charge is -2.18. The highest BCUT2D eigenvalue weighted by Gasteiger charge is 2.38. The Labute approximate surface area is 146 Å². The van der Waals surface area contributed by atoms with Crippen LogP contribution in [0.1, 0.15) is 25.8 Å². The lowest BCUT2D eigenvalue weighted by Crippen LogP contribution is -2.39. The van der Waals surface area contributed by atoms with Gasteiger partial charge in [-0.2, -0.15) is 0 Å². The Hall–Kier alpha value is -1.63. The minimum absolute atomic E-state index is 0.0362. The molecule has 0 unspecified atom stereocenters. The van der Waals surface area contributed by atoms with Crippen molar-refractivity contribution in [2.75, 3.05) is 13.2 Å². The molecule has 1 aromatic carbocycles. The summed E-state index contributed by atoms with van der Waals surface area (Å²) in [5.41, 5.74) is 0.929. The molecular weight excluding hydrogens is 332 g/mol. The molecule has 2 rings (SSSR count). The second-order valence-electron chi connectivity index (χ2n) is 6.38. The molecule has 132 valence electrons. The van der Waals surface area contributed by atoms with Crippen LogP contribution >= 0.6 is 11.6 Å². The molecule has 2 N–H and O–H groups in total. The van der Waals surface area contributed by atoms with Gasteiger partial charge in [0, 0.05) is 5.02 Å². The number of carbonyl (C=O) groups is 2. The van der Waals surface area contributed by atoms with Crippen molar-refractivity contribution < 1.29 is 19.4 Å². The molecule has 0 aliphatic carbocycles. The van der Waals surface area contributed by atoms with Gasteiger partial charge in [-0.3, -0.25) is 9.69 Å². The number of hydrogen-bond donors (Lipinski definition) is 2. The quantitative estimate of drug-likeness (QED) is 0.701. The summed E-state index contributed by atoms with van der Waals surface area (Å²) >= 11 is 5.81. The summed E-state index contributed by atoms with van der Waals surface area (Å²) in [5.74, 6) is 0.0114. The summed E-state index contributed by atoms with van der Waals surface area (Å²) in [7, 11) is 0. The highest BCUT2D eigenvalue weighted by Crippen LogP contribution is 2.15. The summed E-state index contributed by atoms with van der Waals surface area (Å²) in [6, 6.07) is 6.24. The van der Waals surface area contributed by atoms with Crippen LogP contribution in [0.4, 0.5) is 4.79 Å². The van der Waals surface area contributed by atoms with E-state index in [1.165, 1.54) is 0 Å². The SMILES string of the molecule is CC(C)C[C@@H]1NC(=O)N(C[C@@H](O)COCc2ccc(Cl)cc2)C1=O. The summed E-state index contributed by atoms with van der Waals surface area (Å²) < 4.78 is 5.43. The van der Waals surface area contributed by atoms with Gasteiger partial charge in [0.25, 0.3) is 5.91 Å². The fourth-order valence-electron chi connectivity index (χ4n) is 2.54. The van der Waals surface area contributed by atoms with Crippen molar-refractivity contribution in [1.82, 2.24) is 10.2 Å². The molecule has 0 radical (unpaired) electrons. The topological polar surface area (TPSA) is 78.9 Å². The van der Waals surface area contributed by atoms with Crippen molar-refractivity contribution in [1.29, 1.82) is 0 Å². The number of aliphatic hydroxyl groups is 1. The lowest BCUT2D eigenvalue weighted by atomic mass is 10.0. The first-order chi connectivity index (χ1) is 11.4. The number of aliphatic hydroxyl groups excluding tert-OH is 1. The normalized spacial score (nSPS) is 19.0. The molecule has 0 aromatic heterocycles. The van der Waals surface area contributed by atoms with Crippen LogP contribution in [0.25, 0.3) is 0 Å². The first kappa shape index (κ1) is 18.7. The van der Waals surface area contributed by atoms with E-state index in [9.17, 15) is 14.7 Å². The first-order valence-corrected chi connectivity index (χ1v) is 8.36. The number of ether oxygens (including phenoxy) is 1. The van der Waals surface area contributed by atoms with E-state index in [0.717, 1.165) is 10.5 Å².